The molecule has 0 aromatic heterocycles. The van der Waals surface area contributed by atoms with Crippen LogP contribution in [0, 0.1) is 5.92 Å². The van der Waals surface area contributed by atoms with E-state index in [9.17, 15) is 0 Å². The van der Waals surface area contributed by atoms with Crippen LogP contribution in [0.15, 0.2) is 42.5 Å². The van der Waals surface area contributed by atoms with Gasteiger partial charge in [0, 0.05) is 0 Å². The van der Waals surface area contributed by atoms with Crippen LogP contribution in [0.25, 0.3) is 0 Å². The van der Waals surface area contributed by atoms with Crippen molar-refractivity contribution in [2.24, 2.45) is 5.92 Å². The van der Waals surface area contributed by atoms with Gasteiger partial charge in [-0.1, -0.05) is 70.2 Å². The van der Waals surface area contributed by atoms with Crippen molar-refractivity contribution in [2.75, 3.05) is 0 Å². The molecule has 0 aliphatic rings. The zero-order chi connectivity index (χ0) is 11.7. The summed E-state index contributed by atoms with van der Waals surface area (Å²) in [5, 5.41) is 0. The van der Waals surface area contributed by atoms with Crippen molar-refractivity contribution in [3.05, 3.63) is 48.0 Å². The first-order valence-electron chi connectivity index (χ1n) is 5.91. The molecule has 0 N–H and O–H groups in total. The molecule has 0 heteroatoms. The van der Waals surface area contributed by atoms with Crippen molar-refractivity contribution in [1.82, 2.24) is 0 Å². The fourth-order valence-electron chi connectivity index (χ4n) is 1.24. The Morgan fingerprint density at radius 1 is 1.13 bits per heavy atom. The van der Waals surface area contributed by atoms with Gasteiger partial charge >= 0.3 is 0 Å². The molecule has 0 atom stereocenters. The van der Waals surface area contributed by atoms with Crippen LogP contribution in [0.2, 0.25) is 0 Å². The number of hydrogen-bond acceptors (Lipinski definition) is 0. The topological polar surface area (TPSA) is 0 Å². The van der Waals surface area contributed by atoms with Crippen molar-refractivity contribution in [1.29, 1.82) is 0 Å². The second-order valence-corrected chi connectivity index (χ2v) is 3.80. The van der Waals surface area contributed by atoms with E-state index in [1.807, 2.05) is 13.8 Å². The van der Waals surface area contributed by atoms with E-state index in [-0.39, 0.29) is 0 Å². The molecule has 0 fully saturated rings. The van der Waals surface area contributed by atoms with Gasteiger partial charge in [0.1, 0.15) is 0 Å². The molecule has 1 aromatic rings. The predicted molar refractivity (Wildman–Crippen MR) is 70.1 cm³/mol. The molecule has 0 aliphatic carbocycles. The average Bonchev–Trinajstić information content (AvgIpc) is 2.30. The Hall–Kier alpha value is -1.04. The van der Waals surface area contributed by atoms with E-state index in [4.69, 9.17) is 0 Å². The molecule has 0 saturated carbocycles. The van der Waals surface area contributed by atoms with E-state index in [2.05, 4.69) is 50.8 Å². The number of rotatable bonds is 4. The summed E-state index contributed by atoms with van der Waals surface area (Å²) in [5.41, 5.74) is 2.76. The van der Waals surface area contributed by atoms with Crippen molar-refractivity contribution in [2.45, 2.75) is 40.5 Å². The van der Waals surface area contributed by atoms with Crippen LogP contribution >= 0.6 is 0 Å². The number of hydrogen-bond donors (Lipinski definition) is 0. The summed E-state index contributed by atoms with van der Waals surface area (Å²) in [6, 6.07) is 10.6. The van der Waals surface area contributed by atoms with Crippen LogP contribution in [-0.2, 0) is 6.42 Å². The third kappa shape index (κ3) is 6.11. The Bertz CT molecular complexity index is 257. The molecule has 0 amide bonds. The number of allylic oxidation sites excluding steroid dienone is 1. The third-order valence-electron chi connectivity index (χ3n) is 2.39. The standard InChI is InChI=1S/C13H18.C2H6/c1-11(2)12(3)9-10-13-7-5-4-6-8-13;1-2/h4-8,11H,3,9-10H2,1-2H3;1-2H3. The Balaban J connectivity index is 0.000000921. The van der Waals surface area contributed by atoms with Crippen LogP contribution in [0.4, 0.5) is 0 Å². The van der Waals surface area contributed by atoms with Gasteiger partial charge in [0.2, 0.25) is 0 Å². The molecule has 1 aromatic carbocycles. The van der Waals surface area contributed by atoms with E-state index < -0.39 is 0 Å². The molecule has 0 radical (unpaired) electrons. The Labute approximate surface area is 95.0 Å². The highest BCUT2D eigenvalue weighted by atomic mass is 14.1. The summed E-state index contributed by atoms with van der Waals surface area (Å²) in [5.74, 6) is 0.615. The molecule has 0 bridgehead atoms. The quantitative estimate of drug-likeness (QED) is 0.614. The van der Waals surface area contributed by atoms with Crippen LogP contribution < -0.4 is 0 Å². The summed E-state index contributed by atoms with van der Waals surface area (Å²) in [7, 11) is 0. The maximum atomic E-state index is 4.07. The van der Waals surface area contributed by atoms with Gasteiger partial charge in [-0.25, -0.2) is 0 Å². The number of benzene rings is 1. The first-order valence-corrected chi connectivity index (χ1v) is 5.91. The van der Waals surface area contributed by atoms with Gasteiger partial charge in [-0.05, 0) is 24.3 Å². The summed E-state index contributed by atoms with van der Waals surface area (Å²) in [6.07, 6.45) is 2.24. The van der Waals surface area contributed by atoms with Gasteiger partial charge in [0.05, 0.1) is 0 Å². The lowest BCUT2D eigenvalue weighted by atomic mass is 9.98. The average molecular weight is 204 g/mol. The van der Waals surface area contributed by atoms with Crippen LogP contribution in [0.1, 0.15) is 39.7 Å². The first kappa shape index (κ1) is 14.0. The fraction of sp³-hybridized carbons (Fsp3) is 0.467. The predicted octanol–water partition coefficient (Wildman–Crippen LogP) is 4.86. The van der Waals surface area contributed by atoms with E-state index in [1.54, 1.807) is 0 Å². The van der Waals surface area contributed by atoms with E-state index in [0.29, 0.717) is 5.92 Å². The maximum Gasteiger partial charge on any atom is -0.0241 e. The van der Waals surface area contributed by atoms with Gasteiger partial charge in [-0.15, -0.1) is 0 Å². The summed E-state index contributed by atoms with van der Waals surface area (Å²) in [6.45, 7) is 12.5. The summed E-state index contributed by atoms with van der Waals surface area (Å²) < 4.78 is 0. The smallest absolute Gasteiger partial charge is 0.0241 e. The first-order chi connectivity index (χ1) is 7.20. The maximum absolute atomic E-state index is 4.07. The minimum Gasteiger partial charge on any atom is -0.0996 e. The van der Waals surface area contributed by atoms with Gasteiger partial charge in [0.25, 0.3) is 0 Å². The zero-order valence-corrected chi connectivity index (χ0v) is 10.6. The molecule has 1 rings (SSSR count). The lowest BCUT2D eigenvalue weighted by Crippen LogP contribution is -1.94. The van der Waals surface area contributed by atoms with E-state index in [1.165, 1.54) is 11.1 Å². The highest BCUT2D eigenvalue weighted by Gasteiger charge is 2.00. The fourth-order valence-corrected chi connectivity index (χ4v) is 1.24. The highest BCUT2D eigenvalue weighted by Crippen LogP contribution is 2.14. The van der Waals surface area contributed by atoms with E-state index in [0.717, 1.165) is 12.8 Å². The molecule has 0 aliphatic heterocycles. The second-order valence-electron chi connectivity index (χ2n) is 3.80. The lowest BCUT2D eigenvalue weighted by molar-refractivity contribution is 0.713. The minimum absolute atomic E-state index is 0.615. The second kappa shape index (κ2) is 8.28. The molecule has 0 spiro atoms. The van der Waals surface area contributed by atoms with E-state index >= 15 is 0 Å². The van der Waals surface area contributed by atoms with Crippen molar-refractivity contribution < 1.29 is 0 Å². The Morgan fingerprint density at radius 2 is 1.67 bits per heavy atom. The van der Waals surface area contributed by atoms with Crippen LogP contribution in [0.5, 0.6) is 0 Å². The minimum atomic E-state index is 0.615. The van der Waals surface area contributed by atoms with Gasteiger partial charge in [-0.2, -0.15) is 0 Å². The summed E-state index contributed by atoms with van der Waals surface area (Å²) >= 11 is 0. The molecular weight excluding hydrogens is 180 g/mol. The van der Waals surface area contributed by atoms with Crippen molar-refractivity contribution >= 4 is 0 Å². The highest BCUT2D eigenvalue weighted by molar-refractivity contribution is 5.16. The molecule has 15 heavy (non-hydrogen) atoms. The zero-order valence-electron chi connectivity index (χ0n) is 10.6. The molecule has 0 unspecified atom stereocenters. The van der Waals surface area contributed by atoms with Gasteiger partial charge in [-0.3, -0.25) is 0 Å². The monoisotopic (exact) mass is 204 g/mol. The molecular formula is C15H24. The van der Waals surface area contributed by atoms with Gasteiger partial charge in [0.15, 0.2) is 0 Å². The third-order valence-corrected chi connectivity index (χ3v) is 2.39. The lowest BCUT2D eigenvalue weighted by Gasteiger charge is -2.08. The summed E-state index contributed by atoms with van der Waals surface area (Å²) in [4.78, 5) is 0. The van der Waals surface area contributed by atoms with Crippen molar-refractivity contribution in [3.8, 4) is 0 Å². The Kier molecular flexibility index (Phi) is 7.71. The Morgan fingerprint density at radius 3 is 2.13 bits per heavy atom. The SMILES string of the molecule is C=C(CCc1ccccc1)C(C)C.CC. The van der Waals surface area contributed by atoms with Crippen LogP contribution in [0.3, 0.4) is 0 Å². The van der Waals surface area contributed by atoms with Gasteiger partial charge < -0.3 is 0 Å². The largest absolute Gasteiger partial charge is 0.0996 e. The molecule has 0 saturated heterocycles. The number of aryl methyl sites for hydroxylation is 1. The van der Waals surface area contributed by atoms with Crippen LogP contribution in [-0.4, -0.2) is 0 Å². The van der Waals surface area contributed by atoms with Crippen molar-refractivity contribution in [3.63, 3.8) is 0 Å². The molecule has 0 nitrogen and oxygen atoms in total. The molecule has 84 valence electrons. The molecule has 0 heterocycles. The normalized spacial score (nSPS) is 9.40.